The third-order valence-electron chi connectivity index (χ3n) is 2.63. The number of nitrogens with one attached hydrogen (secondary N) is 1. The number of hydrogen-bond donors (Lipinski definition) is 1. The van der Waals surface area contributed by atoms with E-state index in [0.717, 1.165) is 30.1 Å². The molecule has 0 amide bonds. The van der Waals surface area contributed by atoms with Crippen molar-refractivity contribution in [2.75, 3.05) is 0 Å². The molecule has 0 saturated carbocycles. The molecular weight excluding hydrogens is 190 g/mol. The van der Waals surface area contributed by atoms with E-state index in [0.29, 0.717) is 5.82 Å². The minimum atomic E-state index is 0.681. The Kier molecular flexibility index (Phi) is 1.82. The fraction of sp³-hybridized carbons (Fsp3) is 0.273. The maximum absolute atomic E-state index is 5.36. The highest BCUT2D eigenvalue weighted by Gasteiger charge is 2.15. The number of rotatable bonds is 1. The average molecular weight is 201 g/mol. The van der Waals surface area contributed by atoms with Gasteiger partial charge in [-0.3, -0.25) is 0 Å². The molecule has 1 N–H and O–H groups in total. The van der Waals surface area contributed by atoms with E-state index < -0.39 is 0 Å². The first-order valence-corrected chi connectivity index (χ1v) is 4.94. The van der Waals surface area contributed by atoms with Crippen LogP contribution in [0.25, 0.3) is 11.6 Å². The summed E-state index contributed by atoms with van der Waals surface area (Å²) in [5, 5.41) is 3.24. The first-order chi connectivity index (χ1) is 7.34. The molecule has 1 aliphatic heterocycles. The molecule has 0 saturated heterocycles. The second-order valence-corrected chi connectivity index (χ2v) is 3.70. The highest BCUT2D eigenvalue weighted by Crippen LogP contribution is 2.22. The van der Waals surface area contributed by atoms with E-state index in [1.165, 1.54) is 5.56 Å². The van der Waals surface area contributed by atoms with Gasteiger partial charge in [0, 0.05) is 24.8 Å². The van der Waals surface area contributed by atoms with Crippen molar-refractivity contribution in [1.29, 1.82) is 0 Å². The fourth-order valence-corrected chi connectivity index (χ4v) is 1.77. The van der Waals surface area contributed by atoms with E-state index in [1.54, 1.807) is 6.26 Å². The molecule has 0 radical (unpaired) electrons. The van der Waals surface area contributed by atoms with Gasteiger partial charge in [-0.05, 0) is 18.6 Å². The lowest BCUT2D eigenvalue weighted by molar-refractivity contribution is 0.575. The van der Waals surface area contributed by atoms with Crippen molar-refractivity contribution in [3.8, 4) is 11.6 Å². The molecule has 2 aromatic heterocycles. The van der Waals surface area contributed by atoms with Crippen LogP contribution in [0.1, 0.15) is 16.8 Å². The first-order valence-electron chi connectivity index (χ1n) is 4.94. The van der Waals surface area contributed by atoms with Gasteiger partial charge in [0.15, 0.2) is 11.6 Å². The standard InChI is InChI=1S/C11H11N3O/c1-7-2-3-15-10(7)11-13-5-8-4-12-6-9(8)14-11/h2-3,5,12H,4,6H2,1H3. The summed E-state index contributed by atoms with van der Waals surface area (Å²) >= 11 is 0. The van der Waals surface area contributed by atoms with Crippen LogP contribution >= 0.6 is 0 Å². The maximum atomic E-state index is 5.36. The summed E-state index contributed by atoms with van der Waals surface area (Å²) in [4.78, 5) is 8.80. The van der Waals surface area contributed by atoms with Crippen molar-refractivity contribution >= 4 is 0 Å². The zero-order valence-electron chi connectivity index (χ0n) is 8.45. The van der Waals surface area contributed by atoms with Gasteiger partial charge >= 0.3 is 0 Å². The van der Waals surface area contributed by atoms with Crippen molar-refractivity contribution < 1.29 is 4.42 Å². The minimum absolute atomic E-state index is 0.681. The van der Waals surface area contributed by atoms with Gasteiger partial charge < -0.3 is 9.73 Å². The third kappa shape index (κ3) is 1.34. The predicted octanol–water partition coefficient (Wildman–Crippen LogP) is 1.65. The second kappa shape index (κ2) is 3.17. The fourth-order valence-electron chi connectivity index (χ4n) is 1.77. The lowest BCUT2D eigenvalue weighted by atomic mass is 10.2. The van der Waals surface area contributed by atoms with Crippen LogP contribution in [0.2, 0.25) is 0 Å². The van der Waals surface area contributed by atoms with Gasteiger partial charge in [-0.15, -0.1) is 0 Å². The van der Waals surface area contributed by atoms with E-state index in [2.05, 4.69) is 15.3 Å². The van der Waals surface area contributed by atoms with Crippen LogP contribution < -0.4 is 5.32 Å². The molecule has 4 nitrogen and oxygen atoms in total. The molecule has 0 aromatic carbocycles. The highest BCUT2D eigenvalue weighted by atomic mass is 16.3. The monoisotopic (exact) mass is 201 g/mol. The smallest absolute Gasteiger partial charge is 0.196 e. The Morgan fingerprint density at radius 3 is 3.13 bits per heavy atom. The van der Waals surface area contributed by atoms with Crippen LogP contribution in [0.4, 0.5) is 0 Å². The maximum Gasteiger partial charge on any atom is 0.196 e. The van der Waals surface area contributed by atoms with Gasteiger partial charge in [-0.2, -0.15) is 0 Å². The summed E-state index contributed by atoms with van der Waals surface area (Å²) in [7, 11) is 0. The summed E-state index contributed by atoms with van der Waals surface area (Å²) in [6.45, 7) is 3.69. The molecule has 15 heavy (non-hydrogen) atoms. The summed E-state index contributed by atoms with van der Waals surface area (Å²) in [5.41, 5.74) is 3.33. The largest absolute Gasteiger partial charge is 0.461 e. The lowest BCUT2D eigenvalue weighted by Gasteiger charge is -2.00. The topological polar surface area (TPSA) is 51.0 Å². The van der Waals surface area contributed by atoms with Gasteiger partial charge in [-0.25, -0.2) is 9.97 Å². The van der Waals surface area contributed by atoms with Gasteiger partial charge in [0.25, 0.3) is 0 Å². The minimum Gasteiger partial charge on any atom is -0.461 e. The molecule has 0 atom stereocenters. The second-order valence-electron chi connectivity index (χ2n) is 3.70. The number of nitrogens with zero attached hydrogens (tertiary/aromatic N) is 2. The van der Waals surface area contributed by atoms with Crippen LogP contribution in [-0.4, -0.2) is 9.97 Å². The van der Waals surface area contributed by atoms with Crippen molar-refractivity contribution in [2.45, 2.75) is 20.0 Å². The molecule has 0 unspecified atom stereocenters. The summed E-state index contributed by atoms with van der Waals surface area (Å²) in [6.07, 6.45) is 3.54. The zero-order valence-corrected chi connectivity index (χ0v) is 8.45. The van der Waals surface area contributed by atoms with Crippen LogP contribution in [0.5, 0.6) is 0 Å². The van der Waals surface area contributed by atoms with Crippen LogP contribution in [0, 0.1) is 6.92 Å². The van der Waals surface area contributed by atoms with Crippen molar-refractivity contribution in [2.24, 2.45) is 0 Å². The molecule has 0 bridgehead atoms. The SMILES string of the molecule is Cc1ccoc1-c1ncc2c(n1)CNC2. The molecule has 2 aromatic rings. The van der Waals surface area contributed by atoms with Gasteiger partial charge in [-0.1, -0.05) is 0 Å². The number of aromatic nitrogens is 2. The van der Waals surface area contributed by atoms with Crippen molar-refractivity contribution in [1.82, 2.24) is 15.3 Å². The lowest BCUT2D eigenvalue weighted by Crippen LogP contribution is -2.00. The van der Waals surface area contributed by atoms with E-state index in [1.807, 2.05) is 19.2 Å². The molecule has 3 heterocycles. The molecule has 1 aliphatic rings. The number of aryl methyl sites for hydroxylation is 1. The van der Waals surface area contributed by atoms with E-state index in [-0.39, 0.29) is 0 Å². The molecule has 0 aliphatic carbocycles. The number of furan rings is 1. The Hall–Kier alpha value is -1.68. The number of fused-ring (bicyclic) bond motifs is 1. The molecule has 76 valence electrons. The third-order valence-corrected chi connectivity index (χ3v) is 2.63. The van der Waals surface area contributed by atoms with Crippen molar-refractivity contribution in [3.63, 3.8) is 0 Å². The molecule has 0 fully saturated rings. The Morgan fingerprint density at radius 1 is 1.40 bits per heavy atom. The van der Waals surface area contributed by atoms with Gasteiger partial charge in [0.2, 0.25) is 0 Å². The molecular formula is C11H11N3O. The van der Waals surface area contributed by atoms with E-state index in [4.69, 9.17) is 4.42 Å². The summed E-state index contributed by atoms with van der Waals surface area (Å²) < 4.78 is 5.36. The Labute approximate surface area is 87.4 Å². The van der Waals surface area contributed by atoms with Crippen molar-refractivity contribution in [3.05, 3.63) is 35.3 Å². The van der Waals surface area contributed by atoms with Crippen LogP contribution in [-0.2, 0) is 13.1 Å². The first kappa shape index (κ1) is 8.61. The Morgan fingerprint density at radius 2 is 2.33 bits per heavy atom. The number of hydrogen-bond acceptors (Lipinski definition) is 4. The van der Waals surface area contributed by atoms with Gasteiger partial charge in [0.1, 0.15) is 0 Å². The van der Waals surface area contributed by atoms with E-state index >= 15 is 0 Å². The average Bonchev–Trinajstić information content (AvgIpc) is 2.84. The molecule has 0 spiro atoms. The Balaban J connectivity index is 2.11. The Bertz CT molecular complexity index is 504. The van der Waals surface area contributed by atoms with Crippen LogP contribution in [0.3, 0.4) is 0 Å². The highest BCUT2D eigenvalue weighted by molar-refractivity contribution is 5.52. The summed E-state index contributed by atoms with van der Waals surface area (Å²) in [5.74, 6) is 1.45. The quantitative estimate of drug-likeness (QED) is 0.762. The molecule has 3 rings (SSSR count). The summed E-state index contributed by atoms with van der Waals surface area (Å²) in [6, 6.07) is 1.92. The predicted molar refractivity (Wildman–Crippen MR) is 55.0 cm³/mol. The molecule has 4 heteroatoms. The zero-order chi connectivity index (χ0) is 10.3. The van der Waals surface area contributed by atoms with Gasteiger partial charge in [0.05, 0.1) is 12.0 Å². The normalized spacial score (nSPS) is 14.2. The van der Waals surface area contributed by atoms with Crippen LogP contribution in [0.15, 0.2) is 22.9 Å². The van der Waals surface area contributed by atoms with E-state index in [9.17, 15) is 0 Å².